The van der Waals surface area contributed by atoms with E-state index in [-0.39, 0.29) is 18.0 Å². The average molecular weight is 323 g/mol. The van der Waals surface area contributed by atoms with E-state index >= 15 is 0 Å². The molecule has 2 heterocycles. The molecule has 1 aromatic carbocycles. The largest absolute Gasteiger partial charge is 0.349 e. The van der Waals surface area contributed by atoms with Crippen LogP contribution in [0.25, 0.3) is 0 Å². The number of urea groups is 1. The average Bonchev–Trinajstić information content (AvgIpc) is 2.94. The molecule has 0 unspecified atom stereocenters. The second-order valence-electron chi connectivity index (χ2n) is 5.55. The summed E-state index contributed by atoms with van der Waals surface area (Å²) in [4.78, 5) is 25.7. The molecule has 2 aliphatic rings. The van der Waals surface area contributed by atoms with Crippen LogP contribution in [0.5, 0.6) is 0 Å². The van der Waals surface area contributed by atoms with Gasteiger partial charge in [0.2, 0.25) is 0 Å². The van der Waals surface area contributed by atoms with Crippen molar-refractivity contribution in [2.24, 2.45) is 0 Å². The van der Waals surface area contributed by atoms with Gasteiger partial charge in [-0.2, -0.15) is 0 Å². The van der Waals surface area contributed by atoms with E-state index in [2.05, 4.69) is 16.0 Å². The van der Waals surface area contributed by atoms with Crippen LogP contribution in [0.3, 0.4) is 0 Å². The van der Waals surface area contributed by atoms with Gasteiger partial charge < -0.3 is 16.0 Å². The van der Waals surface area contributed by atoms with Gasteiger partial charge in [0.25, 0.3) is 5.91 Å². The summed E-state index contributed by atoms with van der Waals surface area (Å²) < 4.78 is 0. The molecule has 118 valence electrons. The number of hydrogen-bond donors (Lipinski definition) is 3. The Labute approximate surface area is 134 Å². The van der Waals surface area contributed by atoms with E-state index in [4.69, 9.17) is 11.6 Å². The maximum absolute atomic E-state index is 12.4. The summed E-state index contributed by atoms with van der Waals surface area (Å²) >= 11 is 6.18. The third-order valence-corrected chi connectivity index (χ3v) is 4.35. The number of carbonyl (C=O) groups is 2. The highest BCUT2D eigenvalue weighted by Crippen LogP contribution is 2.28. The molecular formula is C15H19ClN4O2. The van der Waals surface area contributed by atoms with Crippen molar-refractivity contribution in [2.75, 3.05) is 31.1 Å². The Kier molecular flexibility index (Phi) is 4.49. The molecule has 0 aliphatic carbocycles. The van der Waals surface area contributed by atoms with Gasteiger partial charge in [0.05, 0.1) is 10.7 Å². The zero-order chi connectivity index (χ0) is 15.5. The second-order valence-corrected chi connectivity index (χ2v) is 5.95. The van der Waals surface area contributed by atoms with E-state index in [1.807, 2.05) is 0 Å². The van der Waals surface area contributed by atoms with Crippen molar-refractivity contribution in [2.45, 2.75) is 18.9 Å². The van der Waals surface area contributed by atoms with E-state index in [0.29, 0.717) is 29.4 Å². The lowest BCUT2D eigenvalue weighted by Gasteiger charge is -2.24. The van der Waals surface area contributed by atoms with Gasteiger partial charge in [-0.1, -0.05) is 11.6 Å². The quantitative estimate of drug-likeness (QED) is 0.786. The van der Waals surface area contributed by atoms with Crippen LogP contribution in [0.15, 0.2) is 18.2 Å². The van der Waals surface area contributed by atoms with E-state index in [0.717, 1.165) is 25.9 Å². The highest BCUT2D eigenvalue weighted by Gasteiger charge is 2.24. The number of halogens is 1. The molecule has 6 nitrogen and oxygen atoms in total. The summed E-state index contributed by atoms with van der Waals surface area (Å²) in [7, 11) is 0. The predicted molar refractivity (Wildman–Crippen MR) is 85.6 cm³/mol. The Morgan fingerprint density at radius 2 is 2.05 bits per heavy atom. The van der Waals surface area contributed by atoms with E-state index in [1.54, 1.807) is 23.1 Å². The lowest BCUT2D eigenvalue weighted by atomic mass is 10.1. The van der Waals surface area contributed by atoms with Crippen molar-refractivity contribution in [3.8, 4) is 0 Å². The zero-order valence-electron chi connectivity index (χ0n) is 12.2. The number of rotatable bonds is 3. The van der Waals surface area contributed by atoms with Gasteiger partial charge in [0.15, 0.2) is 0 Å². The molecule has 1 aromatic rings. The molecule has 3 rings (SSSR count). The molecule has 2 aliphatic heterocycles. The Morgan fingerprint density at radius 3 is 2.73 bits per heavy atom. The minimum absolute atomic E-state index is 0.121. The van der Waals surface area contributed by atoms with Gasteiger partial charge in [-0.3, -0.25) is 9.69 Å². The summed E-state index contributed by atoms with van der Waals surface area (Å²) in [5, 5.41) is 9.51. The fraction of sp³-hybridized carbons (Fsp3) is 0.467. The van der Waals surface area contributed by atoms with Crippen molar-refractivity contribution in [3.05, 3.63) is 28.8 Å². The highest BCUT2D eigenvalue weighted by atomic mass is 35.5. The summed E-state index contributed by atoms with van der Waals surface area (Å²) in [5.74, 6) is -0.121. The fourth-order valence-electron chi connectivity index (χ4n) is 2.80. The van der Waals surface area contributed by atoms with Gasteiger partial charge in [0, 0.05) is 24.7 Å². The number of carbonyl (C=O) groups excluding carboxylic acids is 2. The normalized spacial score (nSPS) is 19.1. The standard InChI is InChI=1S/C15H19ClN4O2/c16-12-2-1-10(9-13(12)20-8-7-18-15(20)22)14(21)19-11-3-5-17-6-4-11/h1-2,9,11,17H,3-8H2,(H,18,22)(H,19,21). The van der Waals surface area contributed by atoms with Gasteiger partial charge in [-0.15, -0.1) is 0 Å². The number of piperidine rings is 1. The SMILES string of the molecule is O=C(NC1CCNCC1)c1ccc(Cl)c(N2CCNC2=O)c1. The molecule has 22 heavy (non-hydrogen) atoms. The van der Waals surface area contributed by atoms with E-state index < -0.39 is 0 Å². The topological polar surface area (TPSA) is 73.5 Å². The van der Waals surface area contributed by atoms with Gasteiger partial charge in [-0.05, 0) is 44.1 Å². The summed E-state index contributed by atoms with van der Waals surface area (Å²) in [5.41, 5.74) is 1.10. The van der Waals surface area contributed by atoms with E-state index in [9.17, 15) is 9.59 Å². The third kappa shape index (κ3) is 3.18. The van der Waals surface area contributed by atoms with Crippen LogP contribution in [0.4, 0.5) is 10.5 Å². The van der Waals surface area contributed by atoms with Crippen molar-refractivity contribution in [3.63, 3.8) is 0 Å². The molecule has 7 heteroatoms. The van der Waals surface area contributed by atoms with Crippen molar-refractivity contribution < 1.29 is 9.59 Å². The van der Waals surface area contributed by atoms with Crippen LogP contribution in [0.1, 0.15) is 23.2 Å². The highest BCUT2D eigenvalue weighted by molar-refractivity contribution is 6.34. The maximum Gasteiger partial charge on any atom is 0.322 e. The minimum atomic E-state index is -0.183. The Morgan fingerprint density at radius 1 is 1.27 bits per heavy atom. The van der Waals surface area contributed by atoms with Gasteiger partial charge >= 0.3 is 6.03 Å². The van der Waals surface area contributed by atoms with Crippen LogP contribution in [-0.2, 0) is 0 Å². The molecule has 2 fully saturated rings. The number of benzene rings is 1. The number of nitrogens with zero attached hydrogens (tertiary/aromatic N) is 1. The first-order chi connectivity index (χ1) is 10.6. The number of amides is 3. The van der Waals surface area contributed by atoms with Crippen molar-refractivity contribution >= 4 is 29.2 Å². The summed E-state index contributed by atoms with van der Waals surface area (Å²) in [6.07, 6.45) is 1.86. The predicted octanol–water partition coefficient (Wildman–Crippen LogP) is 1.35. The number of hydrogen-bond acceptors (Lipinski definition) is 3. The maximum atomic E-state index is 12.4. The Bertz CT molecular complexity index is 587. The molecule has 0 spiro atoms. The van der Waals surface area contributed by atoms with Crippen LogP contribution in [0, 0.1) is 0 Å². The van der Waals surface area contributed by atoms with Gasteiger partial charge in [-0.25, -0.2) is 4.79 Å². The Hall–Kier alpha value is -1.79. The smallest absolute Gasteiger partial charge is 0.322 e. The molecule has 3 N–H and O–H groups in total. The van der Waals surface area contributed by atoms with E-state index in [1.165, 1.54) is 0 Å². The lowest BCUT2D eigenvalue weighted by molar-refractivity contribution is 0.0929. The molecule has 0 bridgehead atoms. The minimum Gasteiger partial charge on any atom is -0.349 e. The third-order valence-electron chi connectivity index (χ3n) is 4.03. The van der Waals surface area contributed by atoms with Crippen molar-refractivity contribution in [1.82, 2.24) is 16.0 Å². The lowest BCUT2D eigenvalue weighted by Crippen LogP contribution is -2.42. The summed E-state index contributed by atoms with van der Waals surface area (Å²) in [6.45, 7) is 2.98. The van der Waals surface area contributed by atoms with Crippen LogP contribution >= 0.6 is 11.6 Å². The van der Waals surface area contributed by atoms with Crippen molar-refractivity contribution in [1.29, 1.82) is 0 Å². The van der Waals surface area contributed by atoms with Crippen LogP contribution in [0.2, 0.25) is 5.02 Å². The summed E-state index contributed by atoms with van der Waals surface area (Å²) in [6, 6.07) is 5.06. The molecule has 2 saturated heterocycles. The molecular weight excluding hydrogens is 304 g/mol. The molecule has 0 atom stereocenters. The molecule has 3 amide bonds. The molecule has 0 aromatic heterocycles. The molecule has 0 radical (unpaired) electrons. The number of nitrogens with one attached hydrogen (secondary N) is 3. The van der Waals surface area contributed by atoms with Crippen LogP contribution < -0.4 is 20.9 Å². The fourth-order valence-corrected chi connectivity index (χ4v) is 3.02. The first kappa shape index (κ1) is 15.1. The first-order valence-corrected chi connectivity index (χ1v) is 7.89. The molecule has 0 saturated carbocycles. The van der Waals surface area contributed by atoms with Gasteiger partial charge in [0.1, 0.15) is 0 Å². The monoisotopic (exact) mass is 322 g/mol. The van der Waals surface area contributed by atoms with Crippen LogP contribution in [-0.4, -0.2) is 44.2 Å². The zero-order valence-corrected chi connectivity index (χ0v) is 12.9. The Balaban J connectivity index is 1.76. The number of anilines is 1. The second kappa shape index (κ2) is 6.54. The first-order valence-electron chi connectivity index (χ1n) is 7.51.